The van der Waals surface area contributed by atoms with Gasteiger partial charge in [0.15, 0.2) is 11.5 Å². The van der Waals surface area contributed by atoms with Crippen LogP contribution < -0.4 is 20.5 Å². The van der Waals surface area contributed by atoms with Crippen LogP contribution in [0.15, 0.2) is 18.2 Å². The quantitative estimate of drug-likeness (QED) is 0.681. The van der Waals surface area contributed by atoms with Gasteiger partial charge in [-0.2, -0.15) is 0 Å². The second kappa shape index (κ2) is 11.4. The molecule has 0 aromatic heterocycles. The molecule has 148 valence electrons. The second-order valence-corrected chi connectivity index (χ2v) is 6.49. The first-order valence-electron chi connectivity index (χ1n) is 8.90. The van der Waals surface area contributed by atoms with Crippen LogP contribution in [0.3, 0.4) is 0 Å². The highest BCUT2D eigenvalue weighted by Crippen LogP contribution is 2.34. The smallest absolute Gasteiger partial charge is 0.231 e. The molecule has 0 spiro atoms. The number of carbonyl (C=O) groups is 1. The number of benzene rings is 1. The average molecular weight is 406 g/mol. The predicted molar refractivity (Wildman–Crippen MR) is 108 cm³/mol. The molecule has 1 atom stereocenters. The van der Waals surface area contributed by atoms with Crippen LogP contribution in [0, 0.1) is 0 Å². The largest absolute Gasteiger partial charge is 0.454 e. The van der Waals surface area contributed by atoms with Gasteiger partial charge in [0, 0.05) is 37.3 Å². The van der Waals surface area contributed by atoms with Gasteiger partial charge in [0.05, 0.1) is 0 Å². The van der Waals surface area contributed by atoms with E-state index in [4.69, 9.17) is 15.2 Å². The van der Waals surface area contributed by atoms with Crippen molar-refractivity contribution in [1.29, 1.82) is 0 Å². The molecule has 26 heavy (non-hydrogen) atoms. The van der Waals surface area contributed by atoms with Gasteiger partial charge < -0.3 is 25.4 Å². The number of piperidine rings is 1. The molecule has 0 saturated carbocycles. The molecule has 1 aromatic carbocycles. The van der Waals surface area contributed by atoms with Gasteiger partial charge >= 0.3 is 0 Å². The minimum atomic E-state index is 0. The second-order valence-electron chi connectivity index (χ2n) is 6.49. The maximum absolute atomic E-state index is 12.3. The zero-order valence-corrected chi connectivity index (χ0v) is 16.6. The molecule has 8 heteroatoms. The van der Waals surface area contributed by atoms with E-state index in [0.717, 1.165) is 62.4 Å². The van der Waals surface area contributed by atoms with E-state index in [1.54, 1.807) is 0 Å². The molecule has 1 aromatic rings. The van der Waals surface area contributed by atoms with Gasteiger partial charge in [-0.05, 0) is 44.4 Å². The fourth-order valence-electron chi connectivity index (χ4n) is 3.30. The summed E-state index contributed by atoms with van der Waals surface area (Å²) in [7, 11) is 0. The molecule has 1 amide bonds. The Morgan fingerprint density at radius 2 is 2.00 bits per heavy atom. The van der Waals surface area contributed by atoms with Gasteiger partial charge in [-0.25, -0.2) is 0 Å². The van der Waals surface area contributed by atoms with E-state index in [2.05, 4.69) is 5.32 Å². The molecule has 1 unspecified atom stereocenters. The molecule has 2 heterocycles. The summed E-state index contributed by atoms with van der Waals surface area (Å²) < 4.78 is 10.8. The third-order valence-corrected chi connectivity index (χ3v) is 4.61. The summed E-state index contributed by atoms with van der Waals surface area (Å²) in [4.78, 5) is 14.3. The lowest BCUT2D eigenvalue weighted by Crippen LogP contribution is -2.45. The number of rotatable bonds is 7. The highest BCUT2D eigenvalue weighted by atomic mass is 35.5. The third kappa shape index (κ3) is 6.11. The summed E-state index contributed by atoms with van der Waals surface area (Å²) in [6, 6.07) is 6.18. The summed E-state index contributed by atoms with van der Waals surface area (Å²) in [6.45, 7) is 2.63. The molecule has 1 saturated heterocycles. The number of carbonyl (C=O) groups excluding carboxylic acids is 1. The fourth-order valence-corrected chi connectivity index (χ4v) is 3.30. The molecule has 3 rings (SSSR count). The summed E-state index contributed by atoms with van der Waals surface area (Å²) in [5, 5.41) is 3.53. The zero-order chi connectivity index (χ0) is 16.8. The lowest BCUT2D eigenvalue weighted by Gasteiger charge is -2.34. The Hall–Kier alpha value is -1.37. The Bertz CT molecular complexity index is 575. The monoisotopic (exact) mass is 405 g/mol. The fraction of sp³-hybridized carbons (Fsp3) is 0.611. The van der Waals surface area contributed by atoms with E-state index in [1.165, 1.54) is 0 Å². The zero-order valence-electron chi connectivity index (χ0n) is 14.9. The SMILES string of the molecule is Cl.Cl.NCCCCCC(=O)N1CCCC(Nc2ccc3c(c2)OCO3)C1. The summed E-state index contributed by atoms with van der Waals surface area (Å²) in [5.41, 5.74) is 6.51. The summed E-state index contributed by atoms with van der Waals surface area (Å²) in [6.07, 6.45) is 5.72. The van der Waals surface area contributed by atoms with Crippen LogP contribution in [0.2, 0.25) is 0 Å². The van der Waals surface area contributed by atoms with Crippen molar-refractivity contribution in [2.75, 3.05) is 31.7 Å². The van der Waals surface area contributed by atoms with Gasteiger partial charge in [-0.1, -0.05) is 6.42 Å². The Balaban J connectivity index is 0.00000169. The number of anilines is 1. The number of nitrogens with two attached hydrogens (primary N) is 1. The van der Waals surface area contributed by atoms with Crippen molar-refractivity contribution in [3.05, 3.63) is 18.2 Å². The number of likely N-dealkylation sites (tertiary alicyclic amines) is 1. The first-order chi connectivity index (χ1) is 11.8. The first kappa shape index (κ1) is 22.7. The topological polar surface area (TPSA) is 76.8 Å². The van der Waals surface area contributed by atoms with Crippen molar-refractivity contribution in [1.82, 2.24) is 4.90 Å². The highest BCUT2D eigenvalue weighted by molar-refractivity contribution is 5.85. The van der Waals surface area contributed by atoms with Crippen LogP contribution in [-0.2, 0) is 4.79 Å². The van der Waals surface area contributed by atoms with Gasteiger partial charge in [0.2, 0.25) is 12.7 Å². The van der Waals surface area contributed by atoms with E-state index in [1.807, 2.05) is 23.1 Å². The number of unbranched alkanes of at least 4 members (excludes halogenated alkanes) is 2. The highest BCUT2D eigenvalue weighted by Gasteiger charge is 2.23. The molecule has 2 aliphatic rings. The van der Waals surface area contributed by atoms with Crippen LogP contribution in [0.4, 0.5) is 5.69 Å². The number of nitrogens with one attached hydrogen (secondary N) is 1. The molecular weight excluding hydrogens is 377 g/mol. The maximum atomic E-state index is 12.3. The normalized spacial score (nSPS) is 17.9. The number of nitrogens with zero attached hydrogens (tertiary/aromatic N) is 1. The van der Waals surface area contributed by atoms with Crippen LogP contribution >= 0.6 is 24.8 Å². The Morgan fingerprint density at radius 3 is 2.81 bits per heavy atom. The predicted octanol–water partition coefficient (Wildman–Crippen LogP) is 3.18. The van der Waals surface area contributed by atoms with Crippen LogP contribution in [-0.4, -0.2) is 43.3 Å². The Kier molecular flexibility index (Phi) is 9.91. The van der Waals surface area contributed by atoms with E-state index in [9.17, 15) is 4.79 Å². The lowest BCUT2D eigenvalue weighted by molar-refractivity contribution is -0.132. The molecule has 6 nitrogen and oxygen atoms in total. The van der Waals surface area contributed by atoms with Crippen molar-refractivity contribution in [3.63, 3.8) is 0 Å². The number of hydrogen-bond donors (Lipinski definition) is 2. The van der Waals surface area contributed by atoms with Crippen molar-refractivity contribution >= 4 is 36.4 Å². The van der Waals surface area contributed by atoms with Gasteiger partial charge in [0.1, 0.15) is 0 Å². The van der Waals surface area contributed by atoms with Crippen molar-refractivity contribution in [2.45, 2.75) is 44.6 Å². The van der Waals surface area contributed by atoms with Crippen molar-refractivity contribution in [2.24, 2.45) is 5.73 Å². The number of amides is 1. The van der Waals surface area contributed by atoms with E-state index in [0.29, 0.717) is 13.0 Å². The van der Waals surface area contributed by atoms with Gasteiger partial charge in [-0.15, -0.1) is 24.8 Å². The Morgan fingerprint density at radius 1 is 1.19 bits per heavy atom. The standard InChI is InChI=1S/C18H27N3O3.2ClH/c19-9-3-1-2-6-18(22)21-10-4-5-15(12-21)20-14-7-8-16-17(11-14)24-13-23-16;;/h7-8,11,15,20H,1-6,9-10,12-13,19H2;2*1H. The molecule has 0 radical (unpaired) electrons. The molecule has 0 bridgehead atoms. The minimum absolute atomic E-state index is 0. The van der Waals surface area contributed by atoms with E-state index >= 15 is 0 Å². The molecule has 3 N–H and O–H groups in total. The summed E-state index contributed by atoms with van der Waals surface area (Å²) in [5.74, 6) is 1.84. The number of ether oxygens (including phenoxy) is 2. The van der Waals surface area contributed by atoms with Gasteiger partial charge in [0.25, 0.3) is 0 Å². The first-order valence-corrected chi connectivity index (χ1v) is 8.90. The number of fused-ring (bicyclic) bond motifs is 1. The van der Waals surface area contributed by atoms with Gasteiger partial charge in [-0.3, -0.25) is 4.79 Å². The molecular formula is C18H29Cl2N3O3. The van der Waals surface area contributed by atoms with E-state index < -0.39 is 0 Å². The minimum Gasteiger partial charge on any atom is -0.454 e. The molecule has 0 aliphatic carbocycles. The molecule has 1 fully saturated rings. The maximum Gasteiger partial charge on any atom is 0.231 e. The Labute approximate surface area is 167 Å². The van der Waals surface area contributed by atoms with Crippen LogP contribution in [0.1, 0.15) is 38.5 Å². The van der Waals surface area contributed by atoms with Crippen LogP contribution in [0.25, 0.3) is 0 Å². The average Bonchev–Trinajstić information content (AvgIpc) is 3.06. The number of halogens is 2. The number of hydrogen-bond acceptors (Lipinski definition) is 5. The van der Waals surface area contributed by atoms with Crippen molar-refractivity contribution < 1.29 is 14.3 Å². The lowest BCUT2D eigenvalue weighted by atomic mass is 10.0. The van der Waals surface area contributed by atoms with Crippen molar-refractivity contribution in [3.8, 4) is 11.5 Å². The summed E-state index contributed by atoms with van der Waals surface area (Å²) >= 11 is 0. The van der Waals surface area contributed by atoms with E-state index in [-0.39, 0.29) is 43.6 Å². The molecule has 2 aliphatic heterocycles. The van der Waals surface area contributed by atoms with Crippen LogP contribution in [0.5, 0.6) is 11.5 Å². The third-order valence-electron chi connectivity index (χ3n) is 4.61.